The molecule has 0 aromatic heterocycles. The van der Waals surface area contributed by atoms with Crippen LogP contribution < -0.4 is 0 Å². The summed E-state index contributed by atoms with van der Waals surface area (Å²) in [5, 5.41) is 0. The van der Waals surface area contributed by atoms with Gasteiger partial charge in [-0.1, -0.05) is 67.4 Å². The van der Waals surface area contributed by atoms with Crippen LogP contribution in [0.3, 0.4) is 0 Å². The highest BCUT2D eigenvalue weighted by Gasteiger charge is 2.09. The van der Waals surface area contributed by atoms with Crippen molar-refractivity contribution in [2.45, 2.75) is 44.9 Å². The standard InChI is InChI=1S/C14H21Br/c1-4-5-12-6-8-13(9-7-12)10-14(15)11(2)3/h6-9,11,14H,4-5,10H2,1-3H3. The van der Waals surface area contributed by atoms with Crippen LogP contribution in [0.1, 0.15) is 38.3 Å². The Hall–Kier alpha value is -0.300. The van der Waals surface area contributed by atoms with Crippen LogP contribution in [0.15, 0.2) is 24.3 Å². The van der Waals surface area contributed by atoms with Crippen molar-refractivity contribution in [1.29, 1.82) is 0 Å². The molecule has 0 heterocycles. The van der Waals surface area contributed by atoms with Gasteiger partial charge in [-0.2, -0.15) is 0 Å². The van der Waals surface area contributed by atoms with Gasteiger partial charge in [-0.25, -0.2) is 0 Å². The molecule has 1 rings (SSSR count). The normalized spacial score (nSPS) is 13.1. The first-order valence-corrected chi connectivity index (χ1v) is 6.77. The predicted octanol–water partition coefficient (Wildman–Crippen LogP) is 4.60. The van der Waals surface area contributed by atoms with Crippen LogP contribution in [0.4, 0.5) is 0 Å². The van der Waals surface area contributed by atoms with Crippen LogP contribution in [0.25, 0.3) is 0 Å². The average Bonchev–Trinajstić information content (AvgIpc) is 2.21. The number of hydrogen-bond donors (Lipinski definition) is 0. The zero-order valence-electron chi connectivity index (χ0n) is 9.96. The van der Waals surface area contributed by atoms with E-state index in [1.807, 2.05) is 0 Å². The van der Waals surface area contributed by atoms with Gasteiger partial charge in [0.1, 0.15) is 0 Å². The Morgan fingerprint density at radius 1 is 1.07 bits per heavy atom. The number of alkyl halides is 1. The van der Waals surface area contributed by atoms with Gasteiger partial charge in [-0.3, -0.25) is 0 Å². The van der Waals surface area contributed by atoms with Crippen molar-refractivity contribution in [2.24, 2.45) is 5.92 Å². The predicted molar refractivity (Wildman–Crippen MR) is 71.7 cm³/mol. The van der Waals surface area contributed by atoms with Crippen molar-refractivity contribution in [3.05, 3.63) is 35.4 Å². The number of rotatable bonds is 5. The summed E-state index contributed by atoms with van der Waals surface area (Å²) in [5.41, 5.74) is 2.89. The Kier molecular flexibility index (Phi) is 5.38. The minimum absolute atomic E-state index is 0.592. The summed E-state index contributed by atoms with van der Waals surface area (Å²) in [6, 6.07) is 9.06. The van der Waals surface area contributed by atoms with E-state index in [0.29, 0.717) is 10.7 Å². The third-order valence-corrected chi connectivity index (χ3v) is 4.10. The Labute approximate surface area is 102 Å². The van der Waals surface area contributed by atoms with E-state index in [2.05, 4.69) is 61.0 Å². The minimum Gasteiger partial charge on any atom is -0.0884 e. The Bertz CT molecular complexity index is 274. The lowest BCUT2D eigenvalue weighted by molar-refractivity contribution is 0.613. The molecule has 1 unspecified atom stereocenters. The lowest BCUT2D eigenvalue weighted by Gasteiger charge is -2.13. The second-order valence-electron chi connectivity index (χ2n) is 4.53. The number of hydrogen-bond acceptors (Lipinski definition) is 0. The molecule has 0 spiro atoms. The molecule has 1 aromatic rings. The molecule has 0 bridgehead atoms. The summed E-state index contributed by atoms with van der Waals surface area (Å²) in [7, 11) is 0. The molecule has 0 aliphatic carbocycles. The monoisotopic (exact) mass is 268 g/mol. The summed E-state index contributed by atoms with van der Waals surface area (Å²) >= 11 is 3.73. The van der Waals surface area contributed by atoms with Crippen molar-refractivity contribution >= 4 is 15.9 Å². The van der Waals surface area contributed by atoms with Gasteiger partial charge in [0, 0.05) is 4.83 Å². The molecule has 1 aromatic carbocycles. The van der Waals surface area contributed by atoms with Crippen LogP contribution in [-0.2, 0) is 12.8 Å². The summed E-state index contributed by atoms with van der Waals surface area (Å²) < 4.78 is 0. The fourth-order valence-electron chi connectivity index (χ4n) is 1.59. The average molecular weight is 269 g/mol. The summed E-state index contributed by atoms with van der Waals surface area (Å²) in [6.45, 7) is 6.73. The van der Waals surface area contributed by atoms with Gasteiger partial charge < -0.3 is 0 Å². The molecule has 0 saturated carbocycles. The maximum atomic E-state index is 3.73. The molecule has 1 atom stereocenters. The molecule has 15 heavy (non-hydrogen) atoms. The molecule has 0 aliphatic rings. The van der Waals surface area contributed by atoms with Crippen LogP contribution >= 0.6 is 15.9 Å². The number of halogens is 1. The summed E-state index contributed by atoms with van der Waals surface area (Å²) in [4.78, 5) is 0.592. The topological polar surface area (TPSA) is 0 Å². The first kappa shape index (κ1) is 12.8. The molecule has 0 radical (unpaired) electrons. The Morgan fingerprint density at radius 2 is 1.60 bits per heavy atom. The van der Waals surface area contributed by atoms with Gasteiger partial charge in [-0.15, -0.1) is 0 Å². The van der Waals surface area contributed by atoms with Crippen molar-refractivity contribution in [1.82, 2.24) is 0 Å². The van der Waals surface area contributed by atoms with Crippen molar-refractivity contribution < 1.29 is 0 Å². The van der Waals surface area contributed by atoms with E-state index >= 15 is 0 Å². The number of aryl methyl sites for hydroxylation is 1. The lowest BCUT2D eigenvalue weighted by atomic mass is 10.0. The van der Waals surface area contributed by atoms with E-state index in [9.17, 15) is 0 Å². The molecule has 1 heteroatoms. The SMILES string of the molecule is CCCc1ccc(CC(Br)C(C)C)cc1. The van der Waals surface area contributed by atoms with Crippen LogP contribution in [0, 0.1) is 5.92 Å². The minimum atomic E-state index is 0.592. The fourth-order valence-corrected chi connectivity index (χ4v) is 1.97. The van der Waals surface area contributed by atoms with Gasteiger partial charge in [0.2, 0.25) is 0 Å². The van der Waals surface area contributed by atoms with Crippen LogP contribution in [0.2, 0.25) is 0 Å². The third kappa shape index (κ3) is 4.38. The van der Waals surface area contributed by atoms with E-state index in [4.69, 9.17) is 0 Å². The molecular weight excluding hydrogens is 248 g/mol. The van der Waals surface area contributed by atoms with Gasteiger partial charge in [0.15, 0.2) is 0 Å². The molecule has 0 amide bonds. The molecule has 0 aliphatic heterocycles. The summed E-state index contributed by atoms with van der Waals surface area (Å²) in [5.74, 6) is 0.695. The molecule has 0 N–H and O–H groups in total. The zero-order valence-corrected chi connectivity index (χ0v) is 11.5. The molecule has 0 fully saturated rings. The van der Waals surface area contributed by atoms with E-state index in [0.717, 1.165) is 6.42 Å². The summed E-state index contributed by atoms with van der Waals surface area (Å²) in [6.07, 6.45) is 3.55. The van der Waals surface area contributed by atoms with Crippen LogP contribution in [-0.4, -0.2) is 4.83 Å². The zero-order chi connectivity index (χ0) is 11.3. The van der Waals surface area contributed by atoms with Gasteiger partial charge >= 0.3 is 0 Å². The quantitative estimate of drug-likeness (QED) is 0.685. The largest absolute Gasteiger partial charge is 0.0884 e. The smallest absolute Gasteiger partial charge is 0.0209 e. The highest BCUT2D eigenvalue weighted by atomic mass is 79.9. The maximum Gasteiger partial charge on any atom is 0.0209 e. The first-order chi connectivity index (χ1) is 7.13. The lowest BCUT2D eigenvalue weighted by Crippen LogP contribution is -2.10. The van der Waals surface area contributed by atoms with Gasteiger partial charge in [-0.05, 0) is 29.9 Å². The fraction of sp³-hybridized carbons (Fsp3) is 0.571. The second-order valence-corrected chi connectivity index (χ2v) is 5.71. The van der Waals surface area contributed by atoms with E-state index in [1.54, 1.807) is 0 Å². The Morgan fingerprint density at radius 3 is 2.07 bits per heavy atom. The first-order valence-electron chi connectivity index (χ1n) is 5.85. The highest BCUT2D eigenvalue weighted by Crippen LogP contribution is 2.18. The maximum absolute atomic E-state index is 3.73. The number of benzene rings is 1. The van der Waals surface area contributed by atoms with E-state index in [1.165, 1.54) is 24.0 Å². The third-order valence-electron chi connectivity index (χ3n) is 2.72. The second kappa shape index (κ2) is 6.32. The van der Waals surface area contributed by atoms with Gasteiger partial charge in [0.25, 0.3) is 0 Å². The highest BCUT2D eigenvalue weighted by molar-refractivity contribution is 9.09. The van der Waals surface area contributed by atoms with E-state index in [-0.39, 0.29) is 0 Å². The molecular formula is C14H21Br. The molecule has 0 nitrogen and oxygen atoms in total. The van der Waals surface area contributed by atoms with Crippen molar-refractivity contribution in [3.63, 3.8) is 0 Å². The van der Waals surface area contributed by atoms with E-state index < -0.39 is 0 Å². The molecule has 0 saturated heterocycles. The Balaban J connectivity index is 2.56. The van der Waals surface area contributed by atoms with Gasteiger partial charge in [0.05, 0.1) is 0 Å². The van der Waals surface area contributed by atoms with Crippen LogP contribution in [0.5, 0.6) is 0 Å². The molecule has 84 valence electrons. The van der Waals surface area contributed by atoms with Crippen molar-refractivity contribution in [2.75, 3.05) is 0 Å². The van der Waals surface area contributed by atoms with Crippen molar-refractivity contribution in [3.8, 4) is 0 Å².